The largest absolute Gasteiger partial charge is 0.479 e. The van der Waals surface area contributed by atoms with Crippen LogP contribution in [-0.2, 0) is 4.79 Å². The van der Waals surface area contributed by atoms with Crippen LogP contribution in [0.3, 0.4) is 0 Å². The fourth-order valence-corrected chi connectivity index (χ4v) is 1.39. The van der Waals surface area contributed by atoms with Gasteiger partial charge in [-0.3, -0.25) is 4.79 Å². The lowest BCUT2D eigenvalue weighted by Gasteiger charge is -2.16. The fraction of sp³-hybridized carbons (Fsp3) is 0.455. The summed E-state index contributed by atoms with van der Waals surface area (Å²) in [6.45, 7) is -0.143. The lowest BCUT2D eigenvalue weighted by atomic mass is 10.4. The van der Waals surface area contributed by atoms with Gasteiger partial charge in [0.05, 0.1) is 0 Å². The minimum atomic E-state index is -0.690. The van der Waals surface area contributed by atoms with Gasteiger partial charge in [0.25, 0.3) is 11.9 Å². The van der Waals surface area contributed by atoms with Gasteiger partial charge in [-0.25, -0.2) is 4.98 Å². The molecule has 0 saturated heterocycles. The minimum absolute atomic E-state index is 0.0139. The highest BCUT2D eigenvalue weighted by molar-refractivity contribution is 5.78. The standard InChI is InChI=1S/C11H13FN2O2/c1-14(8-4-5-8)10(15)7-16-9-3-2-6-13-11(9)12/h2-3,6,8H,4-5,7H2,1H3. The first-order valence-corrected chi connectivity index (χ1v) is 5.17. The maximum Gasteiger partial charge on any atom is 0.260 e. The second kappa shape index (κ2) is 4.47. The van der Waals surface area contributed by atoms with Crippen molar-refractivity contribution in [2.45, 2.75) is 18.9 Å². The number of aromatic nitrogens is 1. The predicted molar refractivity (Wildman–Crippen MR) is 55.5 cm³/mol. The van der Waals surface area contributed by atoms with Crippen LogP contribution >= 0.6 is 0 Å². The van der Waals surface area contributed by atoms with E-state index in [2.05, 4.69) is 4.98 Å². The van der Waals surface area contributed by atoms with Crippen LogP contribution in [0.2, 0.25) is 0 Å². The third-order valence-electron chi connectivity index (χ3n) is 2.56. The minimum Gasteiger partial charge on any atom is -0.479 e. The monoisotopic (exact) mass is 224 g/mol. The van der Waals surface area contributed by atoms with E-state index in [9.17, 15) is 9.18 Å². The van der Waals surface area contributed by atoms with E-state index < -0.39 is 5.95 Å². The number of ether oxygens (including phenoxy) is 1. The van der Waals surface area contributed by atoms with Gasteiger partial charge < -0.3 is 9.64 Å². The molecule has 16 heavy (non-hydrogen) atoms. The van der Waals surface area contributed by atoms with Crippen LogP contribution < -0.4 is 4.74 Å². The van der Waals surface area contributed by atoms with Crippen LogP contribution in [0, 0.1) is 5.95 Å². The topological polar surface area (TPSA) is 42.4 Å². The zero-order valence-corrected chi connectivity index (χ0v) is 9.02. The van der Waals surface area contributed by atoms with Crippen LogP contribution in [-0.4, -0.2) is 35.5 Å². The third kappa shape index (κ3) is 2.48. The molecule has 0 N–H and O–H groups in total. The first-order chi connectivity index (χ1) is 7.68. The van der Waals surface area contributed by atoms with Crippen molar-refractivity contribution < 1.29 is 13.9 Å². The van der Waals surface area contributed by atoms with Gasteiger partial charge in [0.15, 0.2) is 12.4 Å². The Morgan fingerprint density at radius 1 is 1.69 bits per heavy atom. The molecular formula is C11H13FN2O2. The van der Waals surface area contributed by atoms with Gasteiger partial charge in [-0.05, 0) is 25.0 Å². The van der Waals surface area contributed by atoms with Gasteiger partial charge in [0.2, 0.25) is 0 Å². The third-order valence-corrected chi connectivity index (χ3v) is 2.56. The molecule has 86 valence electrons. The van der Waals surface area contributed by atoms with Gasteiger partial charge in [0.1, 0.15) is 0 Å². The maximum atomic E-state index is 13.1. The number of nitrogens with zero attached hydrogens (tertiary/aromatic N) is 2. The average molecular weight is 224 g/mol. The van der Waals surface area contributed by atoms with Crippen molar-refractivity contribution in [1.29, 1.82) is 0 Å². The van der Waals surface area contributed by atoms with Gasteiger partial charge in [-0.15, -0.1) is 0 Å². The summed E-state index contributed by atoms with van der Waals surface area (Å²) in [5, 5.41) is 0. The van der Waals surface area contributed by atoms with Crippen molar-refractivity contribution in [3.8, 4) is 5.75 Å². The summed E-state index contributed by atoms with van der Waals surface area (Å²) >= 11 is 0. The second-order valence-electron chi connectivity index (χ2n) is 3.82. The molecular weight excluding hydrogens is 211 g/mol. The van der Waals surface area contributed by atoms with Crippen LogP contribution in [0.25, 0.3) is 0 Å². The molecule has 1 aromatic heterocycles. The molecule has 1 saturated carbocycles. The van der Waals surface area contributed by atoms with Crippen LogP contribution in [0.15, 0.2) is 18.3 Å². The normalized spacial score (nSPS) is 14.6. The molecule has 0 atom stereocenters. The molecule has 2 rings (SSSR count). The second-order valence-corrected chi connectivity index (χ2v) is 3.82. The zero-order valence-electron chi connectivity index (χ0n) is 9.02. The van der Waals surface area contributed by atoms with E-state index in [-0.39, 0.29) is 18.3 Å². The van der Waals surface area contributed by atoms with Crippen molar-refractivity contribution in [1.82, 2.24) is 9.88 Å². The van der Waals surface area contributed by atoms with E-state index in [4.69, 9.17) is 4.74 Å². The Labute approximate surface area is 93.0 Å². The number of pyridine rings is 1. The van der Waals surface area contributed by atoms with Crippen molar-refractivity contribution >= 4 is 5.91 Å². The quantitative estimate of drug-likeness (QED) is 0.722. The van der Waals surface area contributed by atoms with Gasteiger partial charge in [-0.2, -0.15) is 4.39 Å². The molecule has 1 heterocycles. The van der Waals surface area contributed by atoms with E-state index >= 15 is 0 Å². The molecule has 0 bridgehead atoms. The predicted octanol–water partition coefficient (Wildman–Crippen LogP) is 1.22. The molecule has 0 radical (unpaired) electrons. The number of carbonyl (C=O) groups excluding carboxylic acids is 1. The Balaban J connectivity index is 1.87. The highest BCUT2D eigenvalue weighted by Crippen LogP contribution is 2.25. The SMILES string of the molecule is CN(C(=O)COc1cccnc1F)C1CC1. The molecule has 1 aliphatic carbocycles. The van der Waals surface area contributed by atoms with Crippen molar-refractivity contribution in [2.75, 3.05) is 13.7 Å². The number of halogens is 1. The van der Waals surface area contributed by atoms with E-state index in [1.165, 1.54) is 12.3 Å². The molecule has 1 aromatic rings. The summed E-state index contributed by atoms with van der Waals surface area (Å²) in [7, 11) is 1.74. The average Bonchev–Trinajstić information content (AvgIpc) is 3.10. The van der Waals surface area contributed by atoms with Crippen LogP contribution in [0.4, 0.5) is 4.39 Å². The summed E-state index contributed by atoms with van der Waals surface area (Å²) in [5.74, 6) is -0.810. The summed E-state index contributed by atoms with van der Waals surface area (Å²) in [6, 6.07) is 3.36. The van der Waals surface area contributed by atoms with Crippen LogP contribution in [0.1, 0.15) is 12.8 Å². The molecule has 4 nitrogen and oxygen atoms in total. The lowest BCUT2D eigenvalue weighted by molar-refractivity contribution is -0.132. The maximum absolute atomic E-state index is 13.1. The molecule has 1 fully saturated rings. The number of hydrogen-bond donors (Lipinski definition) is 0. The molecule has 0 aromatic carbocycles. The molecule has 0 aliphatic heterocycles. The molecule has 1 aliphatic rings. The van der Waals surface area contributed by atoms with Crippen molar-refractivity contribution in [3.05, 3.63) is 24.3 Å². The first kappa shape index (κ1) is 10.9. The highest BCUT2D eigenvalue weighted by Gasteiger charge is 2.29. The van der Waals surface area contributed by atoms with Gasteiger partial charge >= 0.3 is 0 Å². The Hall–Kier alpha value is -1.65. The van der Waals surface area contributed by atoms with Crippen molar-refractivity contribution in [3.63, 3.8) is 0 Å². The van der Waals surface area contributed by atoms with E-state index in [1.54, 1.807) is 18.0 Å². The number of likely N-dealkylation sites (N-methyl/N-ethyl adjacent to an activating group) is 1. The summed E-state index contributed by atoms with van der Waals surface area (Å²) in [5.41, 5.74) is 0. The van der Waals surface area contributed by atoms with Gasteiger partial charge in [0, 0.05) is 19.3 Å². The Morgan fingerprint density at radius 2 is 2.44 bits per heavy atom. The number of amides is 1. The molecule has 5 heteroatoms. The van der Waals surface area contributed by atoms with Crippen LogP contribution in [0.5, 0.6) is 5.75 Å². The number of carbonyl (C=O) groups is 1. The Morgan fingerprint density at radius 3 is 3.06 bits per heavy atom. The summed E-state index contributed by atoms with van der Waals surface area (Å²) in [4.78, 5) is 16.6. The molecule has 1 amide bonds. The highest BCUT2D eigenvalue weighted by atomic mass is 19.1. The fourth-order valence-electron chi connectivity index (χ4n) is 1.39. The number of rotatable bonds is 4. The van der Waals surface area contributed by atoms with E-state index in [0.717, 1.165) is 12.8 Å². The Bertz CT molecular complexity index is 393. The molecule has 0 spiro atoms. The lowest BCUT2D eigenvalue weighted by Crippen LogP contribution is -2.33. The molecule has 0 unspecified atom stereocenters. The van der Waals surface area contributed by atoms with E-state index in [1.807, 2.05) is 0 Å². The van der Waals surface area contributed by atoms with Crippen molar-refractivity contribution in [2.24, 2.45) is 0 Å². The zero-order chi connectivity index (χ0) is 11.5. The Kier molecular flexibility index (Phi) is 3.03. The summed E-state index contributed by atoms with van der Waals surface area (Å²) in [6.07, 6.45) is 3.42. The first-order valence-electron chi connectivity index (χ1n) is 5.17. The number of hydrogen-bond acceptors (Lipinski definition) is 3. The van der Waals surface area contributed by atoms with E-state index in [0.29, 0.717) is 6.04 Å². The smallest absolute Gasteiger partial charge is 0.260 e. The van der Waals surface area contributed by atoms with Gasteiger partial charge in [-0.1, -0.05) is 0 Å². The summed E-state index contributed by atoms with van der Waals surface area (Å²) < 4.78 is 18.1.